The second-order valence-corrected chi connectivity index (χ2v) is 4.82. The van der Waals surface area contributed by atoms with Crippen molar-refractivity contribution in [1.82, 2.24) is 5.48 Å². The maximum absolute atomic E-state index is 11.5. The molecule has 2 aromatic carbocycles. The van der Waals surface area contributed by atoms with Gasteiger partial charge in [-0.2, -0.15) is 0 Å². The van der Waals surface area contributed by atoms with Gasteiger partial charge in [0.15, 0.2) is 0 Å². The number of benzene rings is 2. The lowest BCUT2D eigenvalue weighted by Crippen LogP contribution is -2.40. The number of carbonyl (C=O) groups is 2. The van der Waals surface area contributed by atoms with Crippen molar-refractivity contribution < 1.29 is 24.3 Å². The van der Waals surface area contributed by atoms with E-state index in [-0.39, 0.29) is 13.0 Å². The molecule has 0 spiro atoms. The van der Waals surface area contributed by atoms with E-state index in [1.807, 2.05) is 36.4 Å². The minimum atomic E-state index is -1.12. The Morgan fingerprint density at radius 1 is 0.957 bits per heavy atom. The van der Waals surface area contributed by atoms with Crippen LogP contribution in [0.15, 0.2) is 60.7 Å². The maximum Gasteiger partial charge on any atom is 0.528 e. The summed E-state index contributed by atoms with van der Waals surface area (Å²) in [6.45, 7) is 0.0533. The van der Waals surface area contributed by atoms with Crippen LogP contribution in [0.5, 0.6) is 0 Å². The fraction of sp³-hybridized carbons (Fsp3) is 0.176. The molecule has 2 N–H and O–H groups in total. The van der Waals surface area contributed by atoms with E-state index >= 15 is 0 Å². The second-order valence-electron chi connectivity index (χ2n) is 4.82. The number of hydroxylamine groups is 1. The third kappa shape index (κ3) is 5.80. The molecule has 0 aliphatic rings. The Morgan fingerprint density at radius 2 is 1.52 bits per heavy atom. The molecule has 0 amide bonds. The highest BCUT2D eigenvalue weighted by atomic mass is 16.8. The van der Waals surface area contributed by atoms with E-state index in [0.717, 1.165) is 11.1 Å². The normalized spacial score (nSPS) is 11.5. The molecule has 0 saturated heterocycles. The van der Waals surface area contributed by atoms with Crippen LogP contribution >= 0.6 is 0 Å². The molecule has 120 valence electrons. The van der Waals surface area contributed by atoms with Gasteiger partial charge in [-0.15, -0.1) is 5.48 Å². The van der Waals surface area contributed by atoms with E-state index in [9.17, 15) is 9.59 Å². The van der Waals surface area contributed by atoms with Crippen LogP contribution in [-0.4, -0.2) is 23.3 Å². The molecule has 1 atom stereocenters. The molecule has 2 aromatic rings. The molecule has 0 aliphatic heterocycles. The van der Waals surface area contributed by atoms with Crippen molar-refractivity contribution in [1.29, 1.82) is 0 Å². The first-order chi connectivity index (χ1) is 11.1. The van der Waals surface area contributed by atoms with Crippen LogP contribution in [-0.2, 0) is 27.4 Å². The third-order valence-electron chi connectivity index (χ3n) is 3.06. The summed E-state index contributed by atoms with van der Waals surface area (Å²) in [6, 6.07) is 17.1. The number of nitrogens with one attached hydrogen (secondary N) is 1. The number of carboxylic acids is 1. The quantitative estimate of drug-likeness (QED) is 0.603. The minimum absolute atomic E-state index is 0.0533. The zero-order chi connectivity index (χ0) is 16.5. The summed E-state index contributed by atoms with van der Waals surface area (Å²) in [5.74, 6) is -1.12. The average Bonchev–Trinajstić information content (AvgIpc) is 2.58. The number of carbonyl (C=O) groups excluding carboxylic acids is 1. The molecule has 0 saturated carbocycles. The monoisotopic (exact) mass is 315 g/mol. The van der Waals surface area contributed by atoms with Crippen molar-refractivity contribution in [2.75, 3.05) is 0 Å². The lowest BCUT2D eigenvalue weighted by molar-refractivity contribution is -0.142. The minimum Gasteiger partial charge on any atom is -0.480 e. The molecule has 0 aromatic heterocycles. The lowest BCUT2D eigenvalue weighted by atomic mass is 10.1. The van der Waals surface area contributed by atoms with Crippen LogP contribution in [0, 0.1) is 0 Å². The van der Waals surface area contributed by atoms with Gasteiger partial charge in [0.05, 0.1) is 0 Å². The van der Waals surface area contributed by atoms with Gasteiger partial charge in [0, 0.05) is 6.42 Å². The second kappa shape index (κ2) is 8.55. The van der Waals surface area contributed by atoms with Crippen LogP contribution < -0.4 is 5.48 Å². The van der Waals surface area contributed by atoms with Crippen LogP contribution in [0.25, 0.3) is 0 Å². The van der Waals surface area contributed by atoms with Gasteiger partial charge in [-0.05, 0) is 11.1 Å². The molecule has 6 nitrogen and oxygen atoms in total. The molecule has 0 bridgehead atoms. The van der Waals surface area contributed by atoms with Gasteiger partial charge in [-0.3, -0.25) is 4.79 Å². The van der Waals surface area contributed by atoms with E-state index in [1.54, 1.807) is 24.3 Å². The van der Waals surface area contributed by atoms with E-state index in [2.05, 4.69) is 10.3 Å². The van der Waals surface area contributed by atoms with E-state index < -0.39 is 18.2 Å². The van der Waals surface area contributed by atoms with Crippen LogP contribution in [0.3, 0.4) is 0 Å². The Kier molecular flexibility index (Phi) is 6.14. The number of aliphatic carboxylic acids is 1. The molecule has 6 heteroatoms. The van der Waals surface area contributed by atoms with Crippen LogP contribution in [0.2, 0.25) is 0 Å². The highest BCUT2D eigenvalue weighted by Crippen LogP contribution is 2.05. The van der Waals surface area contributed by atoms with E-state index in [0.29, 0.717) is 0 Å². The summed E-state index contributed by atoms with van der Waals surface area (Å²) in [5.41, 5.74) is 3.85. The highest BCUT2D eigenvalue weighted by Gasteiger charge is 2.20. The summed E-state index contributed by atoms with van der Waals surface area (Å²) in [6.07, 6.45) is -0.796. The molecule has 0 radical (unpaired) electrons. The number of carboxylic acid groups (broad SMARTS) is 1. The molecule has 0 fully saturated rings. The van der Waals surface area contributed by atoms with Crippen molar-refractivity contribution >= 4 is 12.1 Å². The number of hydrogen-bond donors (Lipinski definition) is 2. The largest absolute Gasteiger partial charge is 0.528 e. The van der Waals surface area contributed by atoms with Crippen molar-refractivity contribution in [2.45, 2.75) is 19.1 Å². The Labute approximate surface area is 133 Å². The summed E-state index contributed by atoms with van der Waals surface area (Å²) >= 11 is 0. The van der Waals surface area contributed by atoms with E-state index in [4.69, 9.17) is 9.84 Å². The number of ether oxygens (including phenoxy) is 1. The molecular weight excluding hydrogens is 298 g/mol. The Hall–Kier alpha value is -2.86. The zero-order valence-electron chi connectivity index (χ0n) is 12.3. The average molecular weight is 315 g/mol. The molecule has 0 aliphatic carbocycles. The SMILES string of the molecule is O=C(OCc1ccccc1)ON[C@@H](Cc1ccccc1)C(=O)O. The lowest BCUT2D eigenvalue weighted by Gasteiger charge is -2.14. The van der Waals surface area contributed by atoms with Crippen molar-refractivity contribution in [3.8, 4) is 0 Å². The Balaban J connectivity index is 1.79. The van der Waals surface area contributed by atoms with Crippen LogP contribution in [0.1, 0.15) is 11.1 Å². The summed E-state index contributed by atoms with van der Waals surface area (Å²) in [7, 11) is 0. The van der Waals surface area contributed by atoms with Gasteiger partial charge in [-0.25, -0.2) is 4.79 Å². The maximum atomic E-state index is 11.5. The van der Waals surface area contributed by atoms with E-state index in [1.165, 1.54) is 0 Å². The first kappa shape index (κ1) is 16.5. The topological polar surface area (TPSA) is 84.9 Å². The van der Waals surface area contributed by atoms with Gasteiger partial charge < -0.3 is 14.7 Å². The summed E-state index contributed by atoms with van der Waals surface area (Å²) in [4.78, 5) is 27.4. The number of hydrogen-bond acceptors (Lipinski definition) is 5. The fourth-order valence-electron chi connectivity index (χ4n) is 1.89. The van der Waals surface area contributed by atoms with Gasteiger partial charge in [0.1, 0.15) is 12.6 Å². The first-order valence-corrected chi connectivity index (χ1v) is 7.05. The predicted octanol–water partition coefficient (Wildman–Crippen LogP) is 2.54. The van der Waals surface area contributed by atoms with Gasteiger partial charge >= 0.3 is 12.1 Å². The summed E-state index contributed by atoms with van der Waals surface area (Å²) in [5, 5.41) is 9.16. The molecule has 2 rings (SSSR count). The Bertz CT molecular complexity index is 630. The zero-order valence-corrected chi connectivity index (χ0v) is 12.3. The van der Waals surface area contributed by atoms with Crippen LogP contribution in [0.4, 0.5) is 4.79 Å². The first-order valence-electron chi connectivity index (χ1n) is 7.05. The number of rotatable bonds is 7. The molecule has 0 unspecified atom stereocenters. The smallest absolute Gasteiger partial charge is 0.480 e. The van der Waals surface area contributed by atoms with Crippen molar-refractivity contribution in [3.63, 3.8) is 0 Å². The molecule has 0 heterocycles. The Morgan fingerprint density at radius 3 is 2.09 bits per heavy atom. The van der Waals surface area contributed by atoms with Gasteiger partial charge in [0.2, 0.25) is 0 Å². The predicted molar refractivity (Wildman–Crippen MR) is 82.4 cm³/mol. The standard InChI is InChI=1S/C17H17NO5/c19-16(20)15(11-13-7-3-1-4-8-13)18-23-17(21)22-12-14-9-5-2-6-10-14/h1-10,15,18H,11-12H2,(H,19,20)/t15-/m0/s1. The third-order valence-corrected chi connectivity index (χ3v) is 3.06. The van der Waals surface area contributed by atoms with Crippen molar-refractivity contribution in [2.24, 2.45) is 0 Å². The molecular formula is C17H17NO5. The fourth-order valence-corrected chi connectivity index (χ4v) is 1.89. The summed E-state index contributed by atoms with van der Waals surface area (Å²) < 4.78 is 4.89. The highest BCUT2D eigenvalue weighted by molar-refractivity contribution is 5.74. The van der Waals surface area contributed by atoms with Gasteiger partial charge in [-0.1, -0.05) is 60.7 Å². The van der Waals surface area contributed by atoms with Crippen molar-refractivity contribution in [3.05, 3.63) is 71.8 Å². The molecule has 23 heavy (non-hydrogen) atoms. The van der Waals surface area contributed by atoms with Gasteiger partial charge in [0.25, 0.3) is 0 Å².